The molecule has 3 heteroatoms. The van der Waals surface area contributed by atoms with Crippen LogP contribution in [0.2, 0.25) is 0 Å². The monoisotopic (exact) mass is 266 g/mol. The average molecular weight is 267 g/mol. The van der Waals surface area contributed by atoms with E-state index >= 15 is 0 Å². The van der Waals surface area contributed by atoms with Gasteiger partial charge in [0.15, 0.2) is 5.78 Å². The number of carbonyl (C=O) groups excluding carboxylic acids is 1. The van der Waals surface area contributed by atoms with Gasteiger partial charge in [-0.05, 0) is 18.6 Å². The van der Waals surface area contributed by atoms with Gasteiger partial charge < -0.3 is 4.74 Å². The van der Waals surface area contributed by atoms with Gasteiger partial charge in [-0.1, -0.05) is 28.1 Å². The second-order valence-electron chi connectivity index (χ2n) is 3.56. The molecule has 1 aliphatic heterocycles. The summed E-state index contributed by atoms with van der Waals surface area (Å²) in [4.78, 5) is 11.9. The van der Waals surface area contributed by atoms with Gasteiger partial charge in [0.25, 0.3) is 0 Å². The largest absolute Gasteiger partial charge is 0.500 e. The van der Waals surface area contributed by atoms with E-state index in [2.05, 4.69) is 15.9 Å². The van der Waals surface area contributed by atoms with Crippen molar-refractivity contribution >= 4 is 21.7 Å². The van der Waals surface area contributed by atoms with E-state index in [-0.39, 0.29) is 5.78 Å². The summed E-state index contributed by atoms with van der Waals surface area (Å²) in [6.07, 6.45) is 2.28. The molecule has 0 radical (unpaired) electrons. The van der Waals surface area contributed by atoms with Crippen LogP contribution in [0.25, 0.3) is 0 Å². The van der Waals surface area contributed by atoms with Crippen molar-refractivity contribution in [1.29, 1.82) is 0 Å². The van der Waals surface area contributed by atoms with Crippen molar-refractivity contribution in [3.63, 3.8) is 0 Å². The quantitative estimate of drug-likeness (QED) is 0.769. The highest BCUT2D eigenvalue weighted by molar-refractivity contribution is 9.10. The van der Waals surface area contributed by atoms with E-state index in [9.17, 15) is 4.79 Å². The van der Waals surface area contributed by atoms with Crippen molar-refractivity contribution in [2.75, 3.05) is 6.61 Å². The first-order valence-corrected chi connectivity index (χ1v) is 5.59. The Morgan fingerprint density at radius 2 is 2.27 bits per heavy atom. The summed E-state index contributed by atoms with van der Waals surface area (Å²) in [5.74, 6) is 0.0631. The first kappa shape index (κ1) is 10.4. The van der Waals surface area contributed by atoms with Crippen molar-refractivity contribution in [2.24, 2.45) is 0 Å². The fourth-order valence-electron chi connectivity index (χ4n) is 1.47. The maximum absolute atomic E-state index is 11.9. The zero-order chi connectivity index (χ0) is 10.8. The molecule has 0 saturated carbocycles. The third-order valence-electron chi connectivity index (χ3n) is 2.44. The van der Waals surface area contributed by atoms with Crippen LogP contribution in [0.1, 0.15) is 22.3 Å². The Morgan fingerprint density at radius 1 is 1.47 bits per heavy atom. The number of hydrogen-bond acceptors (Lipinski definition) is 2. The van der Waals surface area contributed by atoms with Crippen LogP contribution >= 0.6 is 15.9 Å². The Morgan fingerprint density at radius 3 is 2.87 bits per heavy atom. The Bertz CT molecular complexity index is 435. The molecule has 0 N–H and O–H groups in total. The molecule has 0 aliphatic carbocycles. The first-order valence-electron chi connectivity index (χ1n) is 4.80. The fourth-order valence-corrected chi connectivity index (χ4v) is 1.85. The zero-order valence-electron chi connectivity index (χ0n) is 8.42. The molecule has 0 unspecified atom stereocenters. The van der Waals surface area contributed by atoms with E-state index in [1.54, 1.807) is 6.26 Å². The van der Waals surface area contributed by atoms with Gasteiger partial charge in [0.2, 0.25) is 0 Å². The molecule has 0 fully saturated rings. The third-order valence-corrected chi connectivity index (χ3v) is 3.29. The van der Waals surface area contributed by atoms with Crippen molar-refractivity contribution < 1.29 is 9.53 Å². The zero-order valence-corrected chi connectivity index (χ0v) is 10.0. The molecule has 78 valence electrons. The van der Waals surface area contributed by atoms with Gasteiger partial charge >= 0.3 is 0 Å². The van der Waals surface area contributed by atoms with Gasteiger partial charge in [0.05, 0.1) is 12.9 Å². The van der Waals surface area contributed by atoms with E-state index < -0.39 is 0 Å². The third kappa shape index (κ3) is 2.12. The lowest BCUT2D eigenvalue weighted by Crippen LogP contribution is -2.02. The summed E-state index contributed by atoms with van der Waals surface area (Å²) in [5.41, 5.74) is 2.60. The van der Waals surface area contributed by atoms with Crippen LogP contribution in [0.3, 0.4) is 0 Å². The van der Waals surface area contributed by atoms with Gasteiger partial charge in [-0.3, -0.25) is 4.79 Å². The van der Waals surface area contributed by atoms with Crippen LogP contribution in [0.4, 0.5) is 0 Å². The number of hydrogen-bond donors (Lipinski definition) is 0. The smallest absolute Gasteiger partial charge is 0.192 e. The van der Waals surface area contributed by atoms with Gasteiger partial charge in [-0.25, -0.2) is 0 Å². The number of Topliss-reactive ketones (excluding diaryl/α,β-unsaturated/α-hetero) is 1. The molecule has 0 amide bonds. The molecule has 2 nitrogen and oxygen atoms in total. The number of halogens is 1. The van der Waals surface area contributed by atoms with Gasteiger partial charge in [-0.2, -0.15) is 0 Å². The van der Waals surface area contributed by atoms with Gasteiger partial charge in [0, 0.05) is 22.0 Å². The van der Waals surface area contributed by atoms with Crippen molar-refractivity contribution in [1.82, 2.24) is 0 Å². The molecule has 0 bridgehead atoms. The minimum absolute atomic E-state index is 0.0631. The minimum Gasteiger partial charge on any atom is -0.500 e. The molecule has 0 saturated heterocycles. The number of ketones is 1. The van der Waals surface area contributed by atoms with E-state index in [0.717, 1.165) is 15.6 Å². The average Bonchev–Trinajstić information content (AvgIpc) is 2.74. The maximum Gasteiger partial charge on any atom is 0.192 e. The van der Waals surface area contributed by atoms with E-state index in [1.807, 2.05) is 25.1 Å². The lowest BCUT2D eigenvalue weighted by Gasteiger charge is -2.03. The predicted molar refractivity (Wildman–Crippen MR) is 61.9 cm³/mol. The molecule has 1 heterocycles. The highest BCUT2D eigenvalue weighted by Gasteiger charge is 2.16. The molecular formula is C12H11BrO2. The van der Waals surface area contributed by atoms with Gasteiger partial charge in [-0.15, -0.1) is 0 Å². The summed E-state index contributed by atoms with van der Waals surface area (Å²) in [7, 11) is 0. The molecule has 1 aliphatic rings. The molecule has 0 spiro atoms. The van der Waals surface area contributed by atoms with Crippen LogP contribution in [0.5, 0.6) is 0 Å². The second-order valence-corrected chi connectivity index (χ2v) is 4.41. The highest BCUT2D eigenvalue weighted by atomic mass is 79.9. The topological polar surface area (TPSA) is 26.3 Å². The number of ether oxygens (including phenoxy) is 1. The number of rotatable bonds is 2. The number of aryl methyl sites for hydroxylation is 1. The van der Waals surface area contributed by atoms with Crippen LogP contribution in [0.15, 0.2) is 34.5 Å². The normalized spacial score (nSPS) is 14.7. The summed E-state index contributed by atoms with van der Waals surface area (Å²) < 4.78 is 6.02. The Balaban J connectivity index is 2.29. The Kier molecular flexibility index (Phi) is 2.91. The number of carbonyl (C=O) groups is 1. The van der Waals surface area contributed by atoms with Crippen molar-refractivity contribution in [3.05, 3.63) is 45.6 Å². The van der Waals surface area contributed by atoms with Crippen LogP contribution in [-0.2, 0) is 4.74 Å². The summed E-state index contributed by atoms with van der Waals surface area (Å²) in [6, 6.07) is 5.64. The second kappa shape index (κ2) is 4.19. The van der Waals surface area contributed by atoms with Crippen LogP contribution in [-0.4, -0.2) is 12.4 Å². The van der Waals surface area contributed by atoms with Crippen molar-refractivity contribution in [2.45, 2.75) is 13.3 Å². The summed E-state index contributed by atoms with van der Waals surface area (Å²) in [6.45, 7) is 2.62. The molecule has 1 aromatic rings. The maximum atomic E-state index is 11.9. The summed E-state index contributed by atoms with van der Waals surface area (Å²) in [5, 5.41) is 0. The fraction of sp³-hybridized carbons (Fsp3) is 0.250. The predicted octanol–water partition coefficient (Wildman–Crippen LogP) is 3.24. The minimum atomic E-state index is 0.0631. The molecule has 0 atom stereocenters. The first-order chi connectivity index (χ1) is 7.18. The molecule has 1 aromatic carbocycles. The molecule has 0 aromatic heterocycles. The van der Waals surface area contributed by atoms with Crippen LogP contribution in [0, 0.1) is 6.92 Å². The van der Waals surface area contributed by atoms with E-state index in [1.165, 1.54) is 0 Å². The van der Waals surface area contributed by atoms with E-state index in [4.69, 9.17) is 4.74 Å². The SMILES string of the molecule is Cc1ccc(C(=O)C2=COCC2)cc1Br. The summed E-state index contributed by atoms with van der Waals surface area (Å²) >= 11 is 3.42. The molecular weight excluding hydrogens is 256 g/mol. The van der Waals surface area contributed by atoms with Gasteiger partial charge in [0.1, 0.15) is 0 Å². The Labute approximate surface area is 97.1 Å². The highest BCUT2D eigenvalue weighted by Crippen LogP contribution is 2.22. The lowest BCUT2D eigenvalue weighted by atomic mass is 10.0. The molecule has 15 heavy (non-hydrogen) atoms. The standard InChI is InChI=1S/C12H11BrO2/c1-8-2-3-9(6-11(8)13)12(14)10-4-5-15-7-10/h2-3,6-7H,4-5H2,1H3. The number of benzene rings is 1. The lowest BCUT2D eigenvalue weighted by molar-refractivity contribution is 0.103. The van der Waals surface area contributed by atoms with E-state index in [0.29, 0.717) is 18.6 Å². The van der Waals surface area contributed by atoms with Crippen molar-refractivity contribution in [3.8, 4) is 0 Å². The van der Waals surface area contributed by atoms with Crippen LogP contribution < -0.4 is 0 Å². The Hall–Kier alpha value is -1.09. The molecule has 2 rings (SSSR count).